The number of ether oxygens (including phenoxy) is 1. The van der Waals surface area contributed by atoms with Crippen LogP contribution in [0.4, 0.5) is 11.4 Å². The van der Waals surface area contributed by atoms with Crippen molar-refractivity contribution in [2.45, 2.75) is 64.1 Å². The fourth-order valence-electron chi connectivity index (χ4n) is 5.41. The highest BCUT2D eigenvalue weighted by Gasteiger charge is 2.27. The molecule has 0 aliphatic carbocycles. The Morgan fingerprint density at radius 3 is 2.50 bits per heavy atom. The molecule has 2 unspecified atom stereocenters. The lowest BCUT2D eigenvalue weighted by atomic mass is 9.93. The highest BCUT2D eigenvalue weighted by Crippen LogP contribution is 2.27. The molecule has 2 atom stereocenters. The maximum Gasteiger partial charge on any atom is 0.251 e. The third-order valence-corrected chi connectivity index (χ3v) is 7.60. The van der Waals surface area contributed by atoms with E-state index in [-0.39, 0.29) is 17.4 Å². The van der Waals surface area contributed by atoms with Gasteiger partial charge in [-0.25, -0.2) is 0 Å². The summed E-state index contributed by atoms with van der Waals surface area (Å²) in [5, 5.41) is 21.3. The number of β-amino-alcohol motifs (C(OH)–C–C–N with tert-alkyl or cyclic N) is 1. The number of hydrogen-bond acceptors (Lipinski definition) is 6. The van der Waals surface area contributed by atoms with Crippen molar-refractivity contribution >= 4 is 23.2 Å². The SMILES string of the molecule is CCNc1cc(C(=O)NC(Cc2ccccc2)C(O)CNC(C)(C)Cc2cccc(OC)c2)cc(N2CCCC2=O)c1. The molecule has 1 fully saturated rings. The Morgan fingerprint density at radius 1 is 1.05 bits per heavy atom. The number of aliphatic hydroxyl groups is 1. The van der Waals surface area contributed by atoms with Gasteiger partial charge in [0, 0.05) is 48.5 Å². The summed E-state index contributed by atoms with van der Waals surface area (Å²) in [6, 6.07) is 22.7. The fraction of sp³-hybridized carbons (Fsp3) is 0.412. The van der Waals surface area contributed by atoms with Gasteiger partial charge in [-0.05, 0) is 81.5 Å². The number of nitrogens with one attached hydrogen (secondary N) is 3. The molecule has 224 valence electrons. The van der Waals surface area contributed by atoms with E-state index in [2.05, 4.69) is 35.9 Å². The fourth-order valence-corrected chi connectivity index (χ4v) is 5.41. The molecule has 1 aliphatic heterocycles. The highest BCUT2D eigenvalue weighted by molar-refractivity contribution is 6.00. The molecule has 42 heavy (non-hydrogen) atoms. The maximum absolute atomic E-state index is 13.7. The normalized spacial score (nSPS) is 14.9. The van der Waals surface area contributed by atoms with E-state index in [1.165, 1.54) is 0 Å². The number of benzene rings is 3. The van der Waals surface area contributed by atoms with Gasteiger partial charge in [-0.1, -0.05) is 42.5 Å². The molecule has 1 saturated heterocycles. The van der Waals surface area contributed by atoms with E-state index in [1.807, 2.05) is 61.5 Å². The molecule has 1 heterocycles. The molecule has 3 aromatic rings. The largest absolute Gasteiger partial charge is 0.497 e. The van der Waals surface area contributed by atoms with Crippen LogP contribution >= 0.6 is 0 Å². The summed E-state index contributed by atoms with van der Waals surface area (Å²) in [6.07, 6.45) is 1.67. The minimum absolute atomic E-state index is 0.0648. The van der Waals surface area contributed by atoms with E-state index < -0.39 is 12.1 Å². The zero-order chi connectivity index (χ0) is 30.1. The van der Waals surface area contributed by atoms with Crippen LogP contribution in [0.5, 0.6) is 5.75 Å². The predicted molar refractivity (Wildman–Crippen MR) is 168 cm³/mol. The van der Waals surface area contributed by atoms with Gasteiger partial charge in [0.2, 0.25) is 5.91 Å². The van der Waals surface area contributed by atoms with Gasteiger partial charge in [0.05, 0.1) is 19.3 Å². The summed E-state index contributed by atoms with van der Waals surface area (Å²) >= 11 is 0. The monoisotopic (exact) mass is 572 g/mol. The van der Waals surface area contributed by atoms with Crippen molar-refractivity contribution in [1.29, 1.82) is 0 Å². The van der Waals surface area contributed by atoms with Crippen LogP contribution in [0.3, 0.4) is 0 Å². The van der Waals surface area contributed by atoms with Crippen LogP contribution in [0.25, 0.3) is 0 Å². The molecule has 1 aliphatic rings. The van der Waals surface area contributed by atoms with Gasteiger partial charge in [-0.2, -0.15) is 0 Å². The minimum atomic E-state index is -0.852. The number of carbonyl (C=O) groups is 2. The zero-order valence-electron chi connectivity index (χ0n) is 25.2. The third kappa shape index (κ3) is 8.57. The Hall–Kier alpha value is -3.88. The number of nitrogens with zero attached hydrogens (tertiary/aromatic N) is 1. The number of aliphatic hydroxyl groups excluding tert-OH is 1. The van der Waals surface area contributed by atoms with E-state index in [1.54, 1.807) is 24.1 Å². The van der Waals surface area contributed by atoms with Crippen molar-refractivity contribution in [2.75, 3.05) is 37.0 Å². The number of carbonyl (C=O) groups excluding carboxylic acids is 2. The average molecular weight is 573 g/mol. The Kier molecular flexibility index (Phi) is 10.6. The number of amides is 2. The summed E-state index contributed by atoms with van der Waals surface area (Å²) in [7, 11) is 1.66. The lowest BCUT2D eigenvalue weighted by Crippen LogP contribution is -2.52. The lowest BCUT2D eigenvalue weighted by Gasteiger charge is -2.31. The Balaban J connectivity index is 1.50. The Morgan fingerprint density at radius 2 is 1.81 bits per heavy atom. The van der Waals surface area contributed by atoms with E-state index in [9.17, 15) is 14.7 Å². The van der Waals surface area contributed by atoms with Crippen molar-refractivity contribution < 1.29 is 19.4 Å². The standard InChI is InChI=1S/C34H44N4O4/c1-5-35-27-19-26(20-28(21-27)38-16-10-15-32(38)40)33(41)37-30(18-24-11-7-6-8-12-24)31(39)23-36-34(2,3)22-25-13-9-14-29(17-25)42-4/h6-9,11-14,17,19-21,30-31,35-36,39H,5,10,15-16,18,22-23H2,1-4H3,(H,37,41). The summed E-state index contributed by atoms with van der Waals surface area (Å²) in [4.78, 5) is 27.9. The van der Waals surface area contributed by atoms with Gasteiger partial charge < -0.3 is 30.7 Å². The molecule has 8 heteroatoms. The second kappa shape index (κ2) is 14.3. The summed E-state index contributed by atoms with van der Waals surface area (Å²) < 4.78 is 5.37. The van der Waals surface area contributed by atoms with E-state index in [0.29, 0.717) is 43.7 Å². The van der Waals surface area contributed by atoms with Crippen LogP contribution in [0.15, 0.2) is 72.8 Å². The molecule has 0 spiro atoms. The van der Waals surface area contributed by atoms with E-state index in [0.717, 1.165) is 35.4 Å². The van der Waals surface area contributed by atoms with Crippen LogP contribution in [-0.2, 0) is 17.6 Å². The van der Waals surface area contributed by atoms with Crippen LogP contribution in [0, 0.1) is 0 Å². The first-order chi connectivity index (χ1) is 20.2. The molecule has 4 rings (SSSR count). The van der Waals surface area contributed by atoms with Crippen LogP contribution in [0.2, 0.25) is 0 Å². The smallest absolute Gasteiger partial charge is 0.251 e. The van der Waals surface area contributed by atoms with Gasteiger partial charge in [0.15, 0.2) is 0 Å². The molecule has 3 aromatic carbocycles. The first-order valence-corrected chi connectivity index (χ1v) is 14.8. The molecule has 8 nitrogen and oxygen atoms in total. The third-order valence-electron chi connectivity index (χ3n) is 7.60. The second-order valence-corrected chi connectivity index (χ2v) is 11.6. The number of methoxy groups -OCH3 is 1. The zero-order valence-corrected chi connectivity index (χ0v) is 25.2. The van der Waals surface area contributed by atoms with E-state index in [4.69, 9.17) is 4.74 Å². The van der Waals surface area contributed by atoms with Gasteiger partial charge in [-0.3, -0.25) is 9.59 Å². The molecule has 0 radical (unpaired) electrons. The molecule has 4 N–H and O–H groups in total. The van der Waals surface area contributed by atoms with E-state index >= 15 is 0 Å². The van der Waals surface area contributed by atoms with Crippen LogP contribution in [0.1, 0.15) is 55.1 Å². The first-order valence-electron chi connectivity index (χ1n) is 14.8. The first kappa shape index (κ1) is 31.1. The van der Waals surface area contributed by atoms with Crippen molar-refractivity contribution in [3.05, 3.63) is 89.5 Å². The van der Waals surface area contributed by atoms with Crippen molar-refractivity contribution in [1.82, 2.24) is 10.6 Å². The topological polar surface area (TPSA) is 103 Å². The Labute approximate surface area is 249 Å². The van der Waals surface area contributed by atoms with Crippen molar-refractivity contribution in [2.24, 2.45) is 0 Å². The quantitative estimate of drug-likeness (QED) is 0.226. The maximum atomic E-state index is 13.7. The molecule has 2 amide bonds. The second-order valence-electron chi connectivity index (χ2n) is 11.6. The summed E-state index contributed by atoms with van der Waals surface area (Å²) in [5.74, 6) is 0.581. The van der Waals surface area contributed by atoms with Crippen molar-refractivity contribution in [3.8, 4) is 5.75 Å². The molecular weight excluding hydrogens is 528 g/mol. The minimum Gasteiger partial charge on any atom is -0.497 e. The molecule has 0 aromatic heterocycles. The van der Waals surface area contributed by atoms with Gasteiger partial charge in [-0.15, -0.1) is 0 Å². The van der Waals surface area contributed by atoms with Crippen molar-refractivity contribution in [3.63, 3.8) is 0 Å². The average Bonchev–Trinajstić information content (AvgIpc) is 3.41. The predicted octanol–water partition coefficient (Wildman–Crippen LogP) is 4.57. The lowest BCUT2D eigenvalue weighted by molar-refractivity contribution is -0.117. The molecule has 0 bridgehead atoms. The number of hydrogen-bond donors (Lipinski definition) is 4. The number of rotatable bonds is 14. The van der Waals surface area contributed by atoms with Gasteiger partial charge in [0.1, 0.15) is 5.75 Å². The van der Waals surface area contributed by atoms with Crippen LogP contribution in [-0.4, -0.2) is 61.3 Å². The highest BCUT2D eigenvalue weighted by atomic mass is 16.5. The number of anilines is 2. The summed E-state index contributed by atoms with van der Waals surface area (Å²) in [5.41, 5.74) is 3.76. The Bertz CT molecular complexity index is 1340. The van der Waals surface area contributed by atoms with Crippen LogP contribution < -0.4 is 25.6 Å². The molecule has 0 saturated carbocycles. The van der Waals surface area contributed by atoms with Gasteiger partial charge >= 0.3 is 0 Å². The summed E-state index contributed by atoms with van der Waals surface area (Å²) in [6.45, 7) is 7.80. The van der Waals surface area contributed by atoms with Gasteiger partial charge in [0.25, 0.3) is 5.91 Å². The molecular formula is C34H44N4O4.